The van der Waals surface area contributed by atoms with Crippen molar-refractivity contribution in [2.75, 3.05) is 19.3 Å². The molecule has 1 rings (SSSR count). The van der Waals surface area contributed by atoms with Crippen molar-refractivity contribution in [2.24, 2.45) is 0 Å². The van der Waals surface area contributed by atoms with E-state index in [9.17, 15) is 18.0 Å². The van der Waals surface area contributed by atoms with Crippen LogP contribution in [0, 0.1) is 0 Å². The third-order valence-corrected chi connectivity index (χ3v) is 3.83. The Labute approximate surface area is 116 Å². The first kappa shape index (κ1) is 15.8. The summed E-state index contributed by atoms with van der Waals surface area (Å²) in [6.07, 6.45) is 1.32. The van der Waals surface area contributed by atoms with Gasteiger partial charge in [0.1, 0.15) is 0 Å². The molecule has 1 aromatic heterocycles. The maximum atomic E-state index is 11.6. The molecule has 0 radical (unpaired) electrons. The number of carbonyl (C=O) groups is 2. The number of amides is 1. The molecular formula is C11H16N2O4S2. The van der Waals surface area contributed by atoms with Crippen molar-refractivity contribution < 1.29 is 18.0 Å². The Balaban J connectivity index is 2.16. The Morgan fingerprint density at radius 2 is 2.00 bits per heavy atom. The summed E-state index contributed by atoms with van der Waals surface area (Å²) in [6.45, 7) is 0.350. The SMILES string of the molecule is CS(=O)(=O)NCCNC(=O)CCC(=O)c1cccs1. The molecule has 0 saturated heterocycles. The van der Waals surface area contributed by atoms with Gasteiger partial charge in [0.15, 0.2) is 5.78 Å². The fourth-order valence-electron chi connectivity index (χ4n) is 1.31. The molecule has 8 heteroatoms. The predicted octanol–water partition coefficient (Wildman–Crippen LogP) is 0.376. The largest absolute Gasteiger partial charge is 0.355 e. The molecule has 0 atom stereocenters. The summed E-state index contributed by atoms with van der Waals surface area (Å²) >= 11 is 1.35. The summed E-state index contributed by atoms with van der Waals surface area (Å²) in [5.41, 5.74) is 0. The monoisotopic (exact) mass is 304 g/mol. The highest BCUT2D eigenvalue weighted by Crippen LogP contribution is 2.11. The maximum absolute atomic E-state index is 11.6. The van der Waals surface area contributed by atoms with Crippen LogP contribution in [-0.2, 0) is 14.8 Å². The number of sulfonamides is 1. The van der Waals surface area contributed by atoms with Gasteiger partial charge in [-0.1, -0.05) is 6.07 Å². The zero-order chi connectivity index (χ0) is 14.3. The summed E-state index contributed by atoms with van der Waals surface area (Å²) in [5.74, 6) is -0.320. The van der Waals surface area contributed by atoms with E-state index in [1.807, 2.05) is 5.38 Å². The molecule has 1 amide bonds. The molecule has 0 aliphatic rings. The van der Waals surface area contributed by atoms with E-state index in [-0.39, 0.29) is 37.6 Å². The van der Waals surface area contributed by atoms with Gasteiger partial charge in [-0.3, -0.25) is 9.59 Å². The number of Topliss-reactive ketones (excluding diaryl/α,β-unsaturated/α-hetero) is 1. The van der Waals surface area contributed by atoms with Crippen molar-refractivity contribution in [3.8, 4) is 0 Å². The Hall–Kier alpha value is -1.25. The Morgan fingerprint density at radius 3 is 2.58 bits per heavy atom. The lowest BCUT2D eigenvalue weighted by molar-refractivity contribution is -0.121. The number of thiophene rings is 1. The van der Waals surface area contributed by atoms with E-state index in [2.05, 4.69) is 10.0 Å². The lowest BCUT2D eigenvalue weighted by Crippen LogP contribution is -2.34. The third kappa shape index (κ3) is 7.04. The minimum Gasteiger partial charge on any atom is -0.355 e. The molecule has 106 valence electrons. The topological polar surface area (TPSA) is 92.3 Å². The second-order valence-corrected chi connectivity index (χ2v) is 6.70. The van der Waals surface area contributed by atoms with E-state index in [0.717, 1.165) is 6.26 Å². The van der Waals surface area contributed by atoms with Crippen LogP contribution >= 0.6 is 11.3 Å². The van der Waals surface area contributed by atoms with Crippen molar-refractivity contribution in [3.63, 3.8) is 0 Å². The van der Waals surface area contributed by atoms with Crippen LogP contribution < -0.4 is 10.0 Å². The van der Waals surface area contributed by atoms with Crippen LogP contribution in [-0.4, -0.2) is 39.5 Å². The number of carbonyl (C=O) groups excluding carboxylic acids is 2. The summed E-state index contributed by atoms with van der Waals surface area (Å²) in [4.78, 5) is 23.7. The van der Waals surface area contributed by atoms with E-state index < -0.39 is 10.0 Å². The molecule has 0 aliphatic carbocycles. The van der Waals surface area contributed by atoms with Gasteiger partial charge >= 0.3 is 0 Å². The second-order valence-electron chi connectivity index (χ2n) is 3.92. The molecule has 0 spiro atoms. The Kier molecular flexibility index (Phi) is 6.13. The minimum absolute atomic E-state index is 0.0561. The van der Waals surface area contributed by atoms with Gasteiger partial charge in [-0.2, -0.15) is 0 Å². The van der Waals surface area contributed by atoms with E-state index in [1.54, 1.807) is 12.1 Å². The van der Waals surface area contributed by atoms with Gasteiger partial charge in [-0.25, -0.2) is 13.1 Å². The lowest BCUT2D eigenvalue weighted by Gasteiger charge is -2.05. The van der Waals surface area contributed by atoms with E-state index in [4.69, 9.17) is 0 Å². The smallest absolute Gasteiger partial charge is 0.220 e. The molecule has 19 heavy (non-hydrogen) atoms. The second kappa shape index (κ2) is 7.37. The zero-order valence-corrected chi connectivity index (χ0v) is 12.1. The van der Waals surface area contributed by atoms with E-state index in [0.29, 0.717) is 4.88 Å². The number of hydrogen-bond donors (Lipinski definition) is 2. The van der Waals surface area contributed by atoms with Crippen molar-refractivity contribution in [3.05, 3.63) is 22.4 Å². The molecule has 0 aromatic carbocycles. The van der Waals surface area contributed by atoms with E-state index >= 15 is 0 Å². The van der Waals surface area contributed by atoms with E-state index in [1.165, 1.54) is 11.3 Å². The third-order valence-electron chi connectivity index (χ3n) is 2.19. The zero-order valence-electron chi connectivity index (χ0n) is 10.5. The minimum atomic E-state index is -3.23. The quantitative estimate of drug-likeness (QED) is 0.536. The van der Waals surface area contributed by atoms with Crippen LogP contribution in [0.1, 0.15) is 22.5 Å². The number of nitrogens with one attached hydrogen (secondary N) is 2. The highest BCUT2D eigenvalue weighted by molar-refractivity contribution is 7.88. The molecule has 0 bridgehead atoms. The van der Waals surface area contributed by atoms with Crippen LogP contribution in [0.5, 0.6) is 0 Å². The van der Waals surface area contributed by atoms with Crippen LogP contribution in [0.2, 0.25) is 0 Å². The lowest BCUT2D eigenvalue weighted by atomic mass is 10.2. The van der Waals surface area contributed by atoms with Gasteiger partial charge < -0.3 is 5.32 Å². The fraction of sp³-hybridized carbons (Fsp3) is 0.455. The van der Waals surface area contributed by atoms with Gasteiger partial charge in [0.25, 0.3) is 0 Å². The summed E-state index contributed by atoms with van der Waals surface area (Å²) in [6, 6.07) is 3.51. The van der Waals surface area contributed by atoms with Crippen molar-refractivity contribution in [1.29, 1.82) is 0 Å². The number of ketones is 1. The molecule has 2 N–H and O–H groups in total. The predicted molar refractivity (Wildman–Crippen MR) is 73.7 cm³/mol. The van der Waals surface area contributed by atoms with Gasteiger partial charge in [0.2, 0.25) is 15.9 Å². The van der Waals surface area contributed by atoms with Crippen molar-refractivity contribution in [1.82, 2.24) is 10.0 Å². The van der Waals surface area contributed by atoms with Crippen LogP contribution in [0.25, 0.3) is 0 Å². The maximum Gasteiger partial charge on any atom is 0.220 e. The fourth-order valence-corrected chi connectivity index (χ4v) is 2.48. The first-order chi connectivity index (χ1) is 8.88. The summed E-state index contributed by atoms with van der Waals surface area (Å²) in [7, 11) is -3.23. The van der Waals surface area contributed by atoms with Crippen molar-refractivity contribution >= 4 is 33.1 Å². The summed E-state index contributed by atoms with van der Waals surface area (Å²) < 4.78 is 23.8. The first-order valence-electron chi connectivity index (χ1n) is 5.66. The molecule has 1 aromatic rings. The number of hydrogen-bond acceptors (Lipinski definition) is 5. The van der Waals surface area contributed by atoms with Gasteiger partial charge in [0, 0.05) is 25.9 Å². The highest BCUT2D eigenvalue weighted by Gasteiger charge is 2.09. The average Bonchev–Trinajstić information content (AvgIpc) is 2.84. The normalized spacial score (nSPS) is 11.2. The van der Waals surface area contributed by atoms with Gasteiger partial charge in [-0.05, 0) is 11.4 Å². The Bertz CT molecular complexity index is 523. The summed E-state index contributed by atoms with van der Waals surface area (Å²) in [5, 5.41) is 4.35. The van der Waals surface area contributed by atoms with Crippen LogP contribution in [0.15, 0.2) is 17.5 Å². The Morgan fingerprint density at radius 1 is 1.26 bits per heavy atom. The van der Waals surface area contributed by atoms with Gasteiger partial charge in [0.05, 0.1) is 11.1 Å². The molecule has 0 aliphatic heterocycles. The standard InChI is InChI=1S/C11H16N2O4S2/c1-19(16,17)13-7-6-12-11(15)5-4-9(14)10-3-2-8-18-10/h2-3,8,13H,4-7H2,1H3,(H,12,15). The molecule has 0 unspecified atom stereocenters. The van der Waals surface area contributed by atoms with Crippen molar-refractivity contribution in [2.45, 2.75) is 12.8 Å². The molecule has 0 saturated carbocycles. The van der Waals surface area contributed by atoms with Gasteiger partial charge in [-0.15, -0.1) is 11.3 Å². The molecule has 1 heterocycles. The van der Waals surface area contributed by atoms with Crippen LogP contribution in [0.3, 0.4) is 0 Å². The average molecular weight is 304 g/mol. The number of rotatable bonds is 8. The first-order valence-corrected chi connectivity index (χ1v) is 8.43. The van der Waals surface area contributed by atoms with Crippen LogP contribution in [0.4, 0.5) is 0 Å². The highest BCUT2D eigenvalue weighted by atomic mass is 32.2. The molecule has 0 fully saturated rings. The molecular weight excluding hydrogens is 288 g/mol. The molecule has 6 nitrogen and oxygen atoms in total.